The van der Waals surface area contributed by atoms with E-state index >= 15 is 0 Å². The van der Waals surface area contributed by atoms with E-state index in [2.05, 4.69) is 5.32 Å². The number of hydrogen-bond donors (Lipinski definition) is 2. The Balaban J connectivity index is 2.32. The maximum atomic E-state index is 12.5. The van der Waals surface area contributed by atoms with Crippen molar-refractivity contribution in [2.75, 3.05) is 17.7 Å². The van der Waals surface area contributed by atoms with Gasteiger partial charge in [0.2, 0.25) is 0 Å². The van der Waals surface area contributed by atoms with Gasteiger partial charge in [0.25, 0.3) is 5.91 Å². The molecule has 0 aliphatic rings. The van der Waals surface area contributed by atoms with Gasteiger partial charge < -0.3 is 15.8 Å². The zero-order valence-corrected chi connectivity index (χ0v) is 12.3. The van der Waals surface area contributed by atoms with Gasteiger partial charge in [-0.3, -0.25) is 4.79 Å². The van der Waals surface area contributed by atoms with Gasteiger partial charge in [0.1, 0.15) is 11.3 Å². The average molecular weight is 284 g/mol. The lowest BCUT2D eigenvalue weighted by atomic mass is 10.1. The number of nitrogens with two attached hydrogens (primary N) is 1. The number of amides is 1. The number of aryl methyl sites for hydroxylation is 1. The van der Waals surface area contributed by atoms with Crippen molar-refractivity contribution < 1.29 is 9.53 Å². The van der Waals surface area contributed by atoms with Crippen LogP contribution < -0.4 is 15.8 Å². The SMILES string of the molecule is CCOc1cccc(N)c1C(=O)Nc1ccccc1CC. The van der Waals surface area contributed by atoms with Crippen molar-refractivity contribution in [3.63, 3.8) is 0 Å². The molecule has 0 saturated heterocycles. The molecular formula is C17H20N2O2. The smallest absolute Gasteiger partial charge is 0.261 e. The van der Waals surface area contributed by atoms with Gasteiger partial charge in [-0.05, 0) is 37.1 Å². The molecule has 3 N–H and O–H groups in total. The van der Waals surface area contributed by atoms with Gasteiger partial charge in [0, 0.05) is 11.4 Å². The summed E-state index contributed by atoms with van der Waals surface area (Å²) in [5, 5.41) is 2.92. The van der Waals surface area contributed by atoms with Crippen molar-refractivity contribution in [2.45, 2.75) is 20.3 Å². The molecule has 0 aromatic heterocycles. The molecule has 0 aliphatic carbocycles. The minimum atomic E-state index is -0.252. The summed E-state index contributed by atoms with van der Waals surface area (Å²) in [6, 6.07) is 13.0. The predicted molar refractivity (Wildman–Crippen MR) is 85.8 cm³/mol. The highest BCUT2D eigenvalue weighted by atomic mass is 16.5. The van der Waals surface area contributed by atoms with E-state index in [0.29, 0.717) is 23.6 Å². The molecule has 4 nitrogen and oxygen atoms in total. The van der Waals surface area contributed by atoms with Crippen molar-refractivity contribution >= 4 is 17.3 Å². The number of anilines is 2. The van der Waals surface area contributed by atoms with E-state index in [-0.39, 0.29) is 5.91 Å². The van der Waals surface area contributed by atoms with Crippen LogP contribution in [0.5, 0.6) is 5.75 Å². The number of hydrogen-bond acceptors (Lipinski definition) is 3. The fourth-order valence-corrected chi connectivity index (χ4v) is 2.20. The number of carbonyl (C=O) groups is 1. The normalized spacial score (nSPS) is 10.2. The lowest BCUT2D eigenvalue weighted by Crippen LogP contribution is -2.16. The molecule has 0 spiro atoms. The molecule has 0 radical (unpaired) electrons. The Hall–Kier alpha value is -2.49. The predicted octanol–water partition coefficient (Wildman–Crippen LogP) is 3.48. The third-order valence-electron chi connectivity index (χ3n) is 3.23. The maximum Gasteiger partial charge on any atom is 0.261 e. The number of para-hydroxylation sites is 1. The summed E-state index contributed by atoms with van der Waals surface area (Å²) in [6.45, 7) is 4.40. The van der Waals surface area contributed by atoms with Gasteiger partial charge in [0.15, 0.2) is 0 Å². The third-order valence-corrected chi connectivity index (χ3v) is 3.23. The van der Waals surface area contributed by atoms with Crippen LogP contribution in [0.1, 0.15) is 29.8 Å². The van der Waals surface area contributed by atoms with Crippen LogP contribution in [0.15, 0.2) is 42.5 Å². The Morgan fingerprint density at radius 3 is 2.62 bits per heavy atom. The average Bonchev–Trinajstić information content (AvgIpc) is 2.48. The summed E-state index contributed by atoms with van der Waals surface area (Å²) in [6.07, 6.45) is 0.846. The molecule has 2 aromatic carbocycles. The molecule has 110 valence electrons. The monoisotopic (exact) mass is 284 g/mol. The van der Waals surface area contributed by atoms with Gasteiger partial charge in [-0.2, -0.15) is 0 Å². The Morgan fingerprint density at radius 1 is 1.14 bits per heavy atom. The Kier molecular flexibility index (Phi) is 4.82. The Bertz CT molecular complexity index is 638. The van der Waals surface area contributed by atoms with Crippen LogP contribution in [0, 0.1) is 0 Å². The molecule has 0 unspecified atom stereocenters. The zero-order valence-electron chi connectivity index (χ0n) is 12.3. The highest BCUT2D eigenvalue weighted by Crippen LogP contribution is 2.26. The molecule has 4 heteroatoms. The first kappa shape index (κ1) is 14.9. The van der Waals surface area contributed by atoms with Crippen molar-refractivity contribution in [2.24, 2.45) is 0 Å². The summed E-state index contributed by atoms with van der Waals surface area (Å²) in [5.74, 6) is 0.251. The number of carbonyl (C=O) groups excluding carboxylic acids is 1. The standard InChI is InChI=1S/C17H20N2O2/c1-3-12-8-5-6-10-14(12)19-17(20)16-13(18)9-7-11-15(16)21-4-2/h5-11H,3-4,18H2,1-2H3,(H,19,20). The molecule has 0 saturated carbocycles. The summed E-state index contributed by atoms with van der Waals surface area (Å²) < 4.78 is 5.49. The van der Waals surface area contributed by atoms with E-state index in [1.807, 2.05) is 38.1 Å². The van der Waals surface area contributed by atoms with Crippen molar-refractivity contribution in [3.8, 4) is 5.75 Å². The minimum absolute atomic E-state index is 0.252. The molecule has 0 aliphatic heterocycles. The van der Waals surface area contributed by atoms with E-state index in [0.717, 1.165) is 17.7 Å². The van der Waals surface area contributed by atoms with Crippen LogP contribution in [0.25, 0.3) is 0 Å². The van der Waals surface area contributed by atoms with E-state index in [1.165, 1.54) is 0 Å². The molecule has 0 atom stereocenters. The molecule has 0 heterocycles. The molecular weight excluding hydrogens is 264 g/mol. The molecule has 0 bridgehead atoms. The molecule has 2 rings (SSSR count). The Labute approximate surface area is 124 Å². The largest absolute Gasteiger partial charge is 0.493 e. The zero-order chi connectivity index (χ0) is 15.2. The van der Waals surface area contributed by atoms with Crippen LogP contribution in [0.4, 0.5) is 11.4 Å². The lowest BCUT2D eigenvalue weighted by molar-refractivity contribution is 0.102. The number of nitrogen functional groups attached to an aromatic ring is 1. The second-order valence-corrected chi connectivity index (χ2v) is 4.62. The van der Waals surface area contributed by atoms with Gasteiger partial charge in [0.05, 0.1) is 6.61 Å². The van der Waals surface area contributed by atoms with E-state index in [4.69, 9.17) is 10.5 Å². The lowest BCUT2D eigenvalue weighted by Gasteiger charge is -2.14. The van der Waals surface area contributed by atoms with Crippen LogP contribution in [0.3, 0.4) is 0 Å². The molecule has 2 aromatic rings. The van der Waals surface area contributed by atoms with Crippen LogP contribution >= 0.6 is 0 Å². The number of ether oxygens (including phenoxy) is 1. The van der Waals surface area contributed by atoms with Gasteiger partial charge in [-0.15, -0.1) is 0 Å². The van der Waals surface area contributed by atoms with Crippen LogP contribution in [-0.4, -0.2) is 12.5 Å². The van der Waals surface area contributed by atoms with E-state index in [9.17, 15) is 4.79 Å². The topological polar surface area (TPSA) is 64.3 Å². The second-order valence-electron chi connectivity index (χ2n) is 4.62. The number of nitrogens with one attached hydrogen (secondary N) is 1. The summed E-state index contributed by atoms with van der Waals surface area (Å²) in [7, 11) is 0. The highest BCUT2D eigenvalue weighted by Gasteiger charge is 2.17. The summed E-state index contributed by atoms with van der Waals surface area (Å²) in [5.41, 5.74) is 8.61. The fraction of sp³-hybridized carbons (Fsp3) is 0.235. The van der Waals surface area contributed by atoms with Crippen molar-refractivity contribution in [3.05, 3.63) is 53.6 Å². The molecule has 1 amide bonds. The van der Waals surface area contributed by atoms with E-state index in [1.54, 1.807) is 18.2 Å². The van der Waals surface area contributed by atoms with E-state index < -0.39 is 0 Å². The summed E-state index contributed by atoms with van der Waals surface area (Å²) in [4.78, 5) is 12.5. The number of rotatable bonds is 5. The van der Waals surface area contributed by atoms with Crippen LogP contribution in [-0.2, 0) is 6.42 Å². The third kappa shape index (κ3) is 3.34. The maximum absolute atomic E-state index is 12.5. The first-order valence-corrected chi connectivity index (χ1v) is 7.07. The molecule has 0 fully saturated rings. The van der Waals surface area contributed by atoms with Crippen LogP contribution in [0.2, 0.25) is 0 Å². The first-order chi connectivity index (χ1) is 10.2. The second kappa shape index (κ2) is 6.79. The number of benzene rings is 2. The highest BCUT2D eigenvalue weighted by molar-refractivity contribution is 6.10. The quantitative estimate of drug-likeness (QED) is 0.826. The fourth-order valence-electron chi connectivity index (χ4n) is 2.20. The first-order valence-electron chi connectivity index (χ1n) is 7.07. The molecule has 21 heavy (non-hydrogen) atoms. The minimum Gasteiger partial charge on any atom is -0.493 e. The Morgan fingerprint density at radius 2 is 1.90 bits per heavy atom. The van der Waals surface area contributed by atoms with Gasteiger partial charge >= 0.3 is 0 Å². The summed E-state index contributed by atoms with van der Waals surface area (Å²) >= 11 is 0. The van der Waals surface area contributed by atoms with Gasteiger partial charge in [-0.25, -0.2) is 0 Å². The van der Waals surface area contributed by atoms with Gasteiger partial charge in [-0.1, -0.05) is 31.2 Å². The van der Waals surface area contributed by atoms with Crippen molar-refractivity contribution in [1.82, 2.24) is 0 Å². The van der Waals surface area contributed by atoms with Crippen molar-refractivity contribution in [1.29, 1.82) is 0 Å².